The number of anilines is 1. The van der Waals surface area contributed by atoms with Crippen molar-refractivity contribution in [2.75, 3.05) is 5.32 Å². The molecular weight excluding hydrogens is 340 g/mol. The van der Waals surface area contributed by atoms with Crippen molar-refractivity contribution in [3.05, 3.63) is 62.3 Å². The van der Waals surface area contributed by atoms with Gasteiger partial charge in [0.1, 0.15) is 10.7 Å². The maximum absolute atomic E-state index is 11.8. The first-order valence-corrected chi connectivity index (χ1v) is 6.74. The van der Waals surface area contributed by atoms with Gasteiger partial charge < -0.3 is 9.73 Å². The van der Waals surface area contributed by atoms with E-state index in [0.717, 1.165) is 10.0 Å². The molecule has 1 aromatic heterocycles. The maximum atomic E-state index is 11.8. The van der Waals surface area contributed by atoms with Gasteiger partial charge in [-0.1, -0.05) is 15.9 Å². The highest BCUT2D eigenvalue weighted by Gasteiger charge is 2.10. The van der Waals surface area contributed by atoms with Gasteiger partial charge >= 0.3 is 5.88 Å². The number of nitrogens with zero attached hydrogens (tertiary/aromatic N) is 1. The summed E-state index contributed by atoms with van der Waals surface area (Å²) < 4.78 is 5.84. The van der Waals surface area contributed by atoms with Crippen molar-refractivity contribution in [2.45, 2.75) is 6.92 Å². The molecule has 108 valence electrons. The standard InChI is InChI=1S/C14H11BrN2O4/c1-9-8-10(15)2-5-12(9)16-13(18)6-3-11-4-7-14(21-11)17(19)20/h2-8H,1H3,(H,16,18)/b6-3+. The van der Waals surface area contributed by atoms with E-state index in [1.165, 1.54) is 24.3 Å². The van der Waals surface area contributed by atoms with Gasteiger partial charge in [-0.05, 0) is 42.8 Å². The summed E-state index contributed by atoms with van der Waals surface area (Å²) in [6.45, 7) is 1.87. The van der Waals surface area contributed by atoms with Crippen LogP contribution in [0.5, 0.6) is 0 Å². The van der Waals surface area contributed by atoms with Crippen LogP contribution in [0, 0.1) is 17.0 Å². The van der Waals surface area contributed by atoms with Crippen molar-refractivity contribution in [2.24, 2.45) is 0 Å². The minimum Gasteiger partial charge on any atom is -0.401 e. The van der Waals surface area contributed by atoms with Gasteiger partial charge in [0.05, 0.1) is 6.07 Å². The highest BCUT2D eigenvalue weighted by atomic mass is 79.9. The number of benzene rings is 1. The second-order valence-corrected chi connectivity index (χ2v) is 5.13. The molecule has 0 radical (unpaired) electrons. The number of hydrogen-bond acceptors (Lipinski definition) is 4. The summed E-state index contributed by atoms with van der Waals surface area (Å²) >= 11 is 3.34. The van der Waals surface area contributed by atoms with Gasteiger partial charge in [0, 0.05) is 16.2 Å². The Morgan fingerprint density at radius 2 is 2.14 bits per heavy atom. The molecule has 7 heteroatoms. The van der Waals surface area contributed by atoms with E-state index in [0.29, 0.717) is 5.69 Å². The van der Waals surface area contributed by atoms with E-state index < -0.39 is 4.92 Å². The van der Waals surface area contributed by atoms with Gasteiger partial charge in [0.2, 0.25) is 5.91 Å². The maximum Gasteiger partial charge on any atom is 0.433 e. The smallest absolute Gasteiger partial charge is 0.401 e. The number of halogens is 1. The molecular formula is C14H11BrN2O4. The molecule has 0 spiro atoms. The van der Waals surface area contributed by atoms with E-state index in [1.807, 2.05) is 19.1 Å². The molecule has 0 bridgehead atoms. The summed E-state index contributed by atoms with van der Waals surface area (Å²) in [4.78, 5) is 21.6. The summed E-state index contributed by atoms with van der Waals surface area (Å²) in [5.74, 6) is -0.470. The first-order chi connectivity index (χ1) is 9.95. The van der Waals surface area contributed by atoms with Gasteiger partial charge in [-0.15, -0.1) is 0 Å². The minimum atomic E-state index is -0.636. The van der Waals surface area contributed by atoms with Gasteiger partial charge in [-0.2, -0.15) is 0 Å². The Morgan fingerprint density at radius 1 is 1.38 bits per heavy atom. The topological polar surface area (TPSA) is 85.4 Å². The number of nitro groups is 1. The van der Waals surface area contributed by atoms with Crippen molar-refractivity contribution in [3.63, 3.8) is 0 Å². The van der Waals surface area contributed by atoms with Gasteiger partial charge in [-0.3, -0.25) is 14.9 Å². The molecule has 2 aromatic rings. The van der Waals surface area contributed by atoms with Crippen LogP contribution in [0.25, 0.3) is 6.08 Å². The molecule has 1 heterocycles. The number of aryl methyl sites for hydroxylation is 1. The van der Waals surface area contributed by atoms with Crippen LogP contribution < -0.4 is 5.32 Å². The third-order valence-corrected chi connectivity index (χ3v) is 3.13. The monoisotopic (exact) mass is 350 g/mol. The van der Waals surface area contributed by atoms with Crippen molar-refractivity contribution in [1.82, 2.24) is 0 Å². The molecule has 0 aliphatic heterocycles. The number of hydrogen-bond donors (Lipinski definition) is 1. The average molecular weight is 351 g/mol. The lowest BCUT2D eigenvalue weighted by molar-refractivity contribution is -0.402. The van der Waals surface area contributed by atoms with E-state index >= 15 is 0 Å². The molecule has 0 saturated carbocycles. The zero-order valence-corrected chi connectivity index (χ0v) is 12.6. The van der Waals surface area contributed by atoms with Crippen LogP contribution in [-0.4, -0.2) is 10.8 Å². The first-order valence-electron chi connectivity index (χ1n) is 5.95. The van der Waals surface area contributed by atoms with E-state index in [1.54, 1.807) is 6.07 Å². The van der Waals surface area contributed by atoms with E-state index in [4.69, 9.17) is 4.42 Å². The summed E-state index contributed by atoms with van der Waals surface area (Å²) in [6, 6.07) is 8.14. The normalized spacial score (nSPS) is 10.8. The second-order valence-electron chi connectivity index (χ2n) is 4.21. The fraction of sp³-hybridized carbons (Fsp3) is 0.0714. The Morgan fingerprint density at radius 3 is 2.76 bits per heavy atom. The van der Waals surface area contributed by atoms with E-state index in [9.17, 15) is 14.9 Å². The Labute approximate surface area is 128 Å². The van der Waals surface area contributed by atoms with Crippen LogP contribution in [0.4, 0.5) is 11.6 Å². The number of rotatable bonds is 4. The Bertz CT molecular complexity index is 722. The summed E-state index contributed by atoms with van der Waals surface area (Å²) in [5, 5.41) is 13.2. The third kappa shape index (κ3) is 4.03. The molecule has 21 heavy (non-hydrogen) atoms. The van der Waals surface area contributed by atoms with Crippen molar-refractivity contribution >= 4 is 39.5 Å². The van der Waals surface area contributed by atoms with Crippen LogP contribution in [0.2, 0.25) is 0 Å². The number of nitrogens with one attached hydrogen (secondary N) is 1. The van der Waals surface area contributed by atoms with Gasteiger partial charge in [0.15, 0.2) is 0 Å². The van der Waals surface area contributed by atoms with Crippen molar-refractivity contribution in [1.29, 1.82) is 0 Å². The van der Waals surface area contributed by atoms with E-state index in [2.05, 4.69) is 21.2 Å². The van der Waals surface area contributed by atoms with Crippen LogP contribution in [0.1, 0.15) is 11.3 Å². The lowest BCUT2D eigenvalue weighted by atomic mass is 10.2. The van der Waals surface area contributed by atoms with Crippen LogP contribution in [0.3, 0.4) is 0 Å². The van der Waals surface area contributed by atoms with Crippen LogP contribution >= 0.6 is 15.9 Å². The lowest BCUT2D eigenvalue weighted by Crippen LogP contribution is -2.08. The summed E-state index contributed by atoms with van der Waals surface area (Å²) in [7, 11) is 0. The largest absolute Gasteiger partial charge is 0.433 e. The molecule has 1 aromatic carbocycles. The molecule has 1 N–H and O–H groups in total. The van der Waals surface area contributed by atoms with Crippen molar-refractivity contribution < 1.29 is 14.1 Å². The zero-order chi connectivity index (χ0) is 15.4. The molecule has 0 fully saturated rings. The number of carbonyl (C=O) groups is 1. The summed E-state index contributed by atoms with van der Waals surface area (Å²) in [5.41, 5.74) is 1.61. The molecule has 0 saturated heterocycles. The predicted molar refractivity (Wildman–Crippen MR) is 81.9 cm³/mol. The predicted octanol–water partition coefficient (Wildman–Crippen LogP) is 3.91. The molecule has 0 unspecified atom stereocenters. The molecule has 1 amide bonds. The fourth-order valence-corrected chi connectivity index (χ4v) is 2.11. The number of amides is 1. The Hall–Kier alpha value is -2.41. The van der Waals surface area contributed by atoms with Gasteiger partial charge in [-0.25, -0.2) is 0 Å². The highest BCUT2D eigenvalue weighted by Crippen LogP contribution is 2.20. The van der Waals surface area contributed by atoms with Crippen LogP contribution in [-0.2, 0) is 4.79 Å². The molecule has 0 atom stereocenters. The summed E-state index contributed by atoms with van der Waals surface area (Å²) in [6.07, 6.45) is 2.63. The number of furan rings is 1. The number of carbonyl (C=O) groups excluding carboxylic acids is 1. The fourth-order valence-electron chi connectivity index (χ4n) is 1.63. The third-order valence-electron chi connectivity index (χ3n) is 2.64. The lowest BCUT2D eigenvalue weighted by Gasteiger charge is -2.06. The quantitative estimate of drug-likeness (QED) is 0.514. The zero-order valence-electron chi connectivity index (χ0n) is 11.0. The highest BCUT2D eigenvalue weighted by molar-refractivity contribution is 9.10. The molecule has 2 rings (SSSR count). The molecule has 0 aliphatic carbocycles. The van der Waals surface area contributed by atoms with Crippen LogP contribution in [0.15, 0.2) is 45.3 Å². The molecule has 0 aliphatic rings. The van der Waals surface area contributed by atoms with Crippen molar-refractivity contribution in [3.8, 4) is 0 Å². The minimum absolute atomic E-state index is 0.240. The average Bonchev–Trinajstić information content (AvgIpc) is 2.89. The SMILES string of the molecule is Cc1cc(Br)ccc1NC(=O)/C=C/c1ccc([N+](=O)[O-])o1. The first kappa shape index (κ1) is 15.0. The Balaban J connectivity index is 2.03. The molecule has 6 nitrogen and oxygen atoms in total. The van der Waals surface area contributed by atoms with Gasteiger partial charge in [0.25, 0.3) is 0 Å². The van der Waals surface area contributed by atoms with E-state index in [-0.39, 0.29) is 17.6 Å². The second kappa shape index (κ2) is 6.36. The Kier molecular flexibility index (Phi) is 4.54.